The van der Waals surface area contributed by atoms with Crippen molar-refractivity contribution < 1.29 is 28.8 Å². The van der Waals surface area contributed by atoms with Crippen molar-refractivity contribution in [2.75, 3.05) is 39.1 Å². The highest BCUT2D eigenvalue weighted by Crippen LogP contribution is 2.31. The molecule has 9 heteroatoms. The van der Waals surface area contributed by atoms with Gasteiger partial charge < -0.3 is 25.4 Å². The molecule has 0 unspecified atom stereocenters. The molecule has 0 spiro atoms. The van der Waals surface area contributed by atoms with Gasteiger partial charge in [0, 0.05) is 25.5 Å². The van der Waals surface area contributed by atoms with Crippen molar-refractivity contribution in [1.82, 2.24) is 5.32 Å². The van der Waals surface area contributed by atoms with Crippen molar-refractivity contribution in [2.24, 2.45) is 5.92 Å². The number of carbonyl (C=O) groups excluding carboxylic acids is 3. The van der Waals surface area contributed by atoms with E-state index >= 15 is 0 Å². The van der Waals surface area contributed by atoms with Crippen LogP contribution in [-0.4, -0.2) is 51.2 Å². The van der Waals surface area contributed by atoms with Gasteiger partial charge in [-0.25, -0.2) is 4.79 Å². The third kappa shape index (κ3) is 4.98. The largest absolute Gasteiger partial charge is 0.466 e. The molecule has 1 aliphatic heterocycles. The van der Waals surface area contributed by atoms with E-state index in [0.29, 0.717) is 34.2 Å². The van der Waals surface area contributed by atoms with Crippen LogP contribution in [0, 0.1) is 5.92 Å². The van der Waals surface area contributed by atoms with Gasteiger partial charge in [0.05, 0.1) is 32.2 Å². The summed E-state index contributed by atoms with van der Waals surface area (Å²) in [5.41, 5.74) is 6.95. The monoisotopic (exact) mass is 398 g/mol. The lowest BCUT2D eigenvalue weighted by atomic mass is 9.96. The Morgan fingerprint density at radius 3 is 2.37 bits per heavy atom. The molecule has 0 aromatic carbocycles. The molecule has 1 amide bonds. The molecule has 1 aliphatic rings. The Bertz CT molecular complexity index is 695. The molecular formula is C18H28N3O5S+. The normalized spacial score (nSPS) is 19.4. The Morgan fingerprint density at radius 1 is 1.19 bits per heavy atom. The molecular weight excluding hydrogens is 370 g/mol. The summed E-state index contributed by atoms with van der Waals surface area (Å²) >= 11 is 1.11. The number of hydrogen-bond acceptors (Lipinski definition) is 7. The molecule has 0 atom stereocenters. The van der Waals surface area contributed by atoms with E-state index in [1.165, 1.54) is 4.90 Å². The Morgan fingerprint density at radius 2 is 1.81 bits per heavy atom. The average Bonchev–Trinajstić information content (AvgIpc) is 2.98. The Labute approximate surface area is 163 Å². The van der Waals surface area contributed by atoms with Crippen molar-refractivity contribution in [1.29, 1.82) is 0 Å². The number of carbonyl (C=O) groups is 3. The second kappa shape index (κ2) is 9.70. The lowest BCUT2D eigenvalue weighted by molar-refractivity contribution is -0.919. The first-order chi connectivity index (χ1) is 12.9. The van der Waals surface area contributed by atoms with Crippen LogP contribution < -0.4 is 16.0 Å². The zero-order valence-corrected chi connectivity index (χ0v) is 16.9. The molecule has 1 saturated heterocycles. The van der Waals surface area contributed by atoms with E-state index in [1.807, 2.05) is 0 Å². The zero-order valence-electron chi connectivity index (χ0n) is 16.1. The van der Waals surface area contributed by atoms with Gasteiger partial charge in [-0.05, 0) is 13.8 Å². The van der Waals surface area contributed by atoms with Crippen molar-refractivity contribution in [3.63, 3.8) is 0 Å². The van der Waals surface area contributed by atoms with Crippen LogP contribution in [0.2, 0.25) is 0 Å². The number of ether oxygens (including phenoxy) is 2. The van der Waals surface area contributed by atoms with Gasteiger partial charge in [0.15, 0.2) is 0 Å². The highest BCUT2D eigenvalue weighted by molar-refractivity contribution is 7.18. The van der Waals surface area contributed by atoms with Crippen LogP contribution in [0.25, 0.3) is 0 Å². The molecule has 2 heterocycles. The lowest BCUT2D eigenvalue weighted by Crippen LogP contribution is -3.11. The van der Waals surface area contributed by atoms with Gasteiger partial charge in [-0.3, -0.25) is 9.59 Å². The summed E-state index contributed by atoms with van der Waals surface area (Å²) in [6, 6.07) is 0. The topological polar surface area (TPSA) is 112 Å². The number of hydrogen-bond donors (Lipinski definition) is 3. The number of thiophene rings is 1. The highest BCUT2D eigenvalue weighted by Gasteiger charge is 2.33. The predicted molar refractivity (Wildman–Crippen MR) is 102 cm³/mol. The number of piperidine rings is 1. The molecule has 2 rings (SSSR count). The van der Waals surface area contributed by atoms with Crippen LogP contribution in [0.4, 0.5) is 5.00 Å². The molecule has 1 aromatic rings. The van der Waals surface area contributed by atoms with Gasteiger partial charge in [-0.1, -0.05) is 0 Å². The van der Waals surface area contributed by atoms with Crippen LogP contribution in [0.5, 0.6) is 0 Å². The maximum absolute atomic E-state index is 12.4. The molecule has 1 aromatic heterocycles. The number of quaternary nitrogens is 1. The van der Waals surface area contributed by atoms with Crippen molar-refractivity contribution in [3.05, 3.63) is 16.0 Å². The van der Waals surface area contributed by atoms with Crippen LogP contribution in [0.1, 0.15) is 52.3 Å². The molecule has 0 bridgehead atoms. The molecule has 8 nitrogen and oxygen atoms in total. The van der Waals surface area contributed by atoms with E-state index in [2.05, 4.69) is 5.32 Å². The molecule has 150 valence electrons. The SMILES string of the molecule is CCOC(=O)c1c(N)sc(C(=O)NC)c1C[NH+]1CCC(C(=O)OCC)CC1. The molecule has 27 heavy (non-hydrogen) atoms. The summed E-state index contributed by atoms with van der Waals surface area (Å²) < 4.78 is 10.2. The number of likely N-dealkylation sites (tertiary alicyclic amines) is 1. The minimum atomic E-state index is -0.503. The van der Waals surface area contributed by atoms with Crippen LogP contribution in [0.15, 0.2) is 0 Å². The van der Waals surface area contributed by atoms with Gasteiger partial charge >= 0.3 is 11.9 Å². The smallest absolute Gasteiger partial charge is 0.341 e. The van der Waals surface area contributed by atoms with Crippen LogP contribution >= 0.6 is 11.3 Å². The number of anilines is 1. The van der Waals surface area contributed by atoms with Gasteiger partial charge in [-0.2, -0.15) is 0 Å². The minimum Gasteiger partial charge on any atom is -0.466 e. The number of nitrogens with two attached hydrogens (primary N) is 1. The van der Waals surface area contributed by atoms with Gasteiger partial charge in [0.2, 0.25) is 0 Å². The van der Waals surface area contributed by atoms with E-state index in [4.69, 9.17) is 15.2 Å². The first kappa shape index (κ1) is 21.2. The summed E-state index contributed by atoms with van der Waals surface area (Å²) in [4.78, 5) is 38.2. The predicted octanol–water partition coefficient (Wildman–Crippen LogP) is 0.225. The molecule has 0 saturated carbocycles. The minimum absolute atomic E-state index is 0.0795. The Kier molecular flexibility index (Phi) is 7.61. The average molecular weight is 399 g/mol. The summed E-state index contributed by atoms with van der Waals surface area (Å²) in [5, 5.41) is 2.89. The molecule has 4 N–H and O–H groups in total. The number of amides is 1. The van der Waals surface area contributed by atoms with Crippen LogP contribution in [0.3, 0.4) is 0 Å². The quantitative estimate of drug-likeness (QED) is 0.567. The first-order valence-electron chi connectivity index (χ1n) is 9.23. The second-order valence-electron chi connectivity index (χ2n) is 6.40. The van der Waals surface area contributed by atoms with E-state index < -0.39 is 5.97 Å². The van der Waals surface area contributed by atoms with Crippen molar-refractivity contribution in [2.45, 2.75) is 33.2 Å². The maximum atomic E-state index is 12.4. The summed E-state index contributed by atoms with van der Waals surface area (Å²) in [5.74, 6) is -0.992. The molecule has 0 aliphatic carbocycles. The molecule has 1 fully saturated rings. The fraction of sp³-hybridized carbons (Fsp3) is 0.611. The number of nitrogen functional groups attached to an aromatic ring is 1. The maximum Gasteiger partial charge on any atom is 0.341 e. The summed E-state index contributed by atoms with van der Waals surface area (Å²) in [6.07, 6.45) is 1.44. The van der Waals surface area contributed by atoms with Crippen molar-refractivity contribution in [3.8, 4) is 0 Å². The third-order valence-corrected chi connectivity index (χ3v) is 5.75. The number of rotatable bonds is 7. The highest BCUT2D eigenvalue weighted by atomic mass is 32.1. The third-order valence-electron chi connectivity index (χ3n) is 4.69. The Hall–Kier alpha value is -2.13. The van der Waals surface area contributed by atoms with Crippen molar-refractivity contribution >= 4 is 34.2 Å². The summed E-state index contributed by atoms with van der Waals surface area (Å²) in [7, 11) is 1.55. The number of nitrogens with one attached hydrogen (secondary N) is 2. The fourth-order valence-corrected chi connectivity index (χ4v) is 4.35. The molecule has 0 radical (unpaired) electrons. The second-order valence-corrected chi connectivity index (χ2v) is 7.45. The summed E-state index contributed by atoms with van der Waals surface area (Å²) in [6.45, 7) is 6.16. The van der Waals surface area contributed by atoms with Gasteiger partial charge in [-0.15, -0.1) is 11.3 Å². The first-order valence-corrected chi connectivity index (χ1v) is 10.0. The van der Waals surface area contributed by atoms with Crippen LogP contribution in [-0.2, 0) is 20.8 Å². The standard InChI is InChI=1S/C18H27N3O5S/c1-4-25-17(23)11-6-8-21(9-7-11)10-12-13(18(24)26-5-2)15(19)27-14(12)16(22)20-3/h11H,4-10,19H2,1-3H3,(H,20,22)/p+1. The van der Waals surface area contributed by atoms with E-state index in [9.17, 15) is 14.4 Å². The van der Waals surface area contributed by atoms with E-state index in [1.54, 1.807) is 20.9 Å². The Balaban J connectivity index is 2.18. The van der Waals surface area contributed by atoms with E-state index in [-0.39, 0.29) is 24.4 Å². The zero-order chi connectivity index (χ0) is 20.0. The van der Waals surface area contributed by atoms with E-state index in [0.717, 1.165) is 37.3 Å². The lowest BCUT2D eigenvalue weighted by Gasteiger charge is -2.28. The van der Waals surface area contributed by atoms with Gasteiger partial charge in [0.1, 0.15) is 22.0 Å². The number of esters is 2. The fourth-order valence-electron chi connectivity index (χ4n) is 3.33. The van der Waals surface area contributed by atoms with Gasteiger partial charge in [0.25, 0.3) is 5.91 Å².